The van der Waals surface area contributed by atoms with Crippen molar-refractivity contribution in [1.29, 1.82) is 0 Å². The van der Waals surface area contributed by atoms with E-state index in [1.165, 1.54) is 0 Å². The summed E-state index contributed by atoms with van der Waals surface area (Å²) in [6.07, 6.45) is 3.07. The molecule has 0 unspecified atom stereocenters. The van der Waals surface area contributed by atoms with Crippen molar-refractivity contribution in [2.45, 2.75) is 31.4 Å². The third-order valence-electron chi connectivity index (χ3n) is 4.57. The molecular formula is C17H28F3IN4O4S. The van der Waals surface area contributed by atoms with Crippen LogP contribution in [0.3, 0.4) is 0 Å². The minimum atomic E-state index is -5.24. The molecule has 13 heteroatoms. The van der Waals surface area contributed by atoms with Crippen LogP contribution in [0.25, 0.3) is 0 Å². The number of nitrogens with zero attached hydrogens (tertiary/aromatic N) is 2. The number of nitrogens with one attached hydrogen (secondary N) is 2. The van der Waals surface area contributed by atoms with Crippen molar-refractivity contribution >= 4 is 40.0 Å². The van der Waals surface area contributed by atoms with E-state index in [1.54, 1.807) is 19.4 Å². The van der Waals surface area contributed by atoms with E-state index in [0.717, 1.165) is 12.2 Å². The van der Waals surface area contributed by atoms with Gasteiger partial charge in [0, 0.05) is 39.8 Å². The third kappa shape index (κ3) is 8.23. The molecule has 174 valence electrons. The molecule has 1 fully saturated rings. The number of furan rings is 1. The lowest BCUT2D eigenvalue weighted by molar-refractivity contribution is -0.0496. The van der Waals surface area contributed by atoms with E-state index in [2.05, 4.69) is 15.6 Å². The molecular weight excluding hydrogens is 540 g/mol. The Labute approximate surface area is 191 Å². The summed E-state index contributed by atoms with van der Waals surface area (Å²) in [6.45, 7) is 1.86. The van der Waals surface area contributed by atoms with Crippen LogP contribution >= 0.6 is 24.0 Å². The van der Waals surface area contributed by atoms with Gasteiger partial charge in [0.1, 0.15) is 12.4 Å². The highest BCUT2D eigenvalue weighted by molar-refractivity contribution is 14.0. The summed E-state index contributed by atoms with van der Waals surface area (Å²) < 4.78 is 71.8. The quantitative estimate of drug-likeness (QED) is 0.206. The maximum absolute atomic E-state index is 12.6. The van der Waals surface area contributed by atoms with Gasteiger partial charge in [0.25, 0.3) is 0 Å². The first-order valence-electron chi connectivity index (χ1n) is 9.35. The highest BCUT2D eigenvalue weighted by Crippen LogP contribution is 2.30. The molecule has 2 heterocycles. The second-order valence-corrected chi connectivity index (χ2v) is 8.59. The molecule has 0 bridgehead atoms. The van der Waals surface area contributed by atoms with Crippen LogP contribution < -0.4 is 10.6 Å². The summed E-state index contributed by atoms with van der Waals surface area (Å²) in [5.74, 6) is 1.43. The first-order valence-corrected chi connectivity index (χ1v) is 10.8. The minimum absolute atomic E-state index is 0. The molecule has 0 aliphatic carbocycles. The molecule has 1 saturated heterocycles. The molecule has 2 rings (SSSR count). The number of piperidine rings is 1. The maximum atomic E-state index is 12.6. The van der Waals surface area contributed by atoms with Crippen molar-refractivity contribution in [3.05, 3.63) is 24.2 Å². The molecule has 0 saturated carbocycles. The summed E-state index contributed by atoms with van der Waals surface area (Å²) in [5, 5.41) is 6.27. The smallest absolute Gasteiger partial charge is 0.467 e. The number of guanidine groups is 1. The Morgan fingerprint density at radius 1 is 1.33 bits per heavy atom. The van der Waals surface area contributed by atoms with E-state index in [4.69, 9.17) is 9.15 Å². The summed E-state index contributed by atoms with van der Waals surface area (Å²) in [7, 11) is -3.61. The maximum Gasteiger partial charge on any atom is 0.511 e. The SMILES string of the molecule is CN=C(NCCCOCc1ccco1)NCC1CCN(S(=O)(=O)C(F)(F)F)CC1.I. The van der Waals surface area contributed by atoms with Crippen LogP contribution in [-0.4, -0.2) is 64.0 Å². The van der Waals surface area contributed by atoms with Crippen LogP contribution in [0.5, 0.6) is 0 Å². The fourth-order valence-corrected chi connectivity index (χ4v) is 3.89. The van der Waals surface area contributed by atoms with Crippen LogP contribution in [-0.2, 0) is 21.4 Å². The van der Waals surface area contributed by atoms with Crippen LogP contribution in [0.2, 0.25) is 0 Å². The van der Waals surface area contributed by atoms with Gasteiger partial charge >= 0.3 is 15.5 Å². The Balaban J connectivity index is 0.00000450. The molecule has 1 aromatic heterocycles. The molecule has 2 N–H and O–H groups in total. The molecule has 30 heavy (non-hydrogen) atoms. The van der Waals surface area contributed by atoms with Gasteiger partial charge in [-0.2, -0.15) is 17.5 Å². The third-order valence-corrected chi connectivity index (χ3v) is 6.20. The molecule has 8 nitrogen and oxygen atoms in total. The van der Waals surface area contributed by atoms with Gasteiger partial charge in [-0.25, -0.2) is 8.42 Å². The number of sulfonamides is 1. The highest BCUT2D eigenvalue weighted by Gasteiger charge is 2.50. The normalized spacial score (nSPS) is 16.9. The lowest BCUT2D eigenvalue weighted by atomic mass is 9.98. The van der Waals surface area contributed by atoms with Gasteiger partial charge in [0.05, 0.1) is 6.26 Å². The molecule has 0 amide bonds. The first-order chi connectivity index (χ1) is 13.7. The Hall–Kier alpha value is -1.06. The zero-order valence-corrected chi connectivity index (χ0v) is 19.8. The van der Waals surface area contributed by atoms with Crippen molar-refractivity contribution in [1.82, 2.24) is 14.9 Å². The predicted octanol–water partition coefficient (Wildman–Crippen LogP) is 2.53. The Bertz CT molecular complexity index is 737. The number of rotatable bonds is 9. The highest BCUT2D eigenvalue weighted by atomic mass is 127. The predicted molar refractivity (Wildman–Crippen MR) is 117 cm³/mol. The second-order valence-electron chi connectivity index (χ2n) is 6.66. The molecule has 0 radical (unpaired) electrons. The van der Waals surface area contributed by atoms with Gasteiger partial charge in [-0.3, -0.25) is 4.99 Å². The number of aliphatic imine (C=N–C) groups is 1. The van der Waals surface area contributed by atoms with Gasteiger partial charge in [-0.15, -0.1) is 24.0 Å². The van der Waals surface area contributed by atoms with Crippen molar-refractivity contribution in [2.75, 3.05) is 39.8 Å². The standard InChI is InChI=1S/C17H27F3N4O4S.HI/c1-21-16(22-7-3-10-27-13-15-4-2-11-28-15)23-12-14-5-8-24(9-6-14)29(25,26)17(18,19)20;/h2,4,11,14H,3,5-10,12-13H2,1H3,(H2,21,22,23);1H. The lowest BCUT2D eigenvalue weighted by Gasteiger charge is -2.31. The fraction of sp³-hybridized carbons (Fsp3) is 0.706. The molecule has 0 aromatic carbocycles. The van der Waals surface area contributed by atoms with E-state index in [-0.39, 0.29) is 43.0 Å². The van der Waals surface area contributed by atoms with Gasteiger partial charge in [-0.05, 0) is 37.3 Å². The monoisotopic (exact) mass is 568 g/mol. The molecule has 0 spiro atoms. The number of hydrogen-bond donors (Lipinski definition) is 2. The number of alkyl halides is 3. The fourth-order valence-electron chi connectivity index (χ4n) is 2.91. The summed E-state index contributed by atoms with van der Waals surface area (Å²) >= 11 is 0. The van der Waals surface area contributed by atoms with Crippen LogP contribution in [0.15, 0.2) is 27.8 Å². The van der Waals surface area contributed by atoms with Crippen molar-refractivity contribution in [3.8, 4) is 0 Å². The minimum Gasteiger partial charge on any atom is -0.467 e. The van der Waals surface area contributed by atoms with Crippen LogP contribution in [0.4, 0.5) is 13.2 Å². The zero-order chi connectivity index (χ0) is 21.3. The van der Waals surface area contributed by atoms with Gasteiger partial charge in [0.15, 0.2) is 5.96 Å². The summed E-state index contributed by atoms with van der Waals surface area (Å²) in [5.41, 5.74) is -5.24. The zero-order valence-electron chi connectivity index (χ0n) is 16.7. The topological polar surface area (TPSA) is 96.2 Å². The van der Waals surface area contributed by atoms with Crippen molar-refractivity contribution < 1.29 is 30.7 Å². The van der Waals surface area contributed by atoms with E-state index < -0.39 is 15.5 Å². The molecule has 0 atom stereocenters. The number of halogens is 4. The molecule has 1 aliphatic heterocycles. The Morgan fingerprint density at radius 2 is 2.03 bits per heavy atom. The van der Waals surface area contributed by atoms with E-state index in [1.807, 2.05) is 6.07 Å². The largest absolute Gasteiger partial charge is 0.511 e. The van der Waals surface area contributed by atoms with Crippen molar-refractivity contribution in [2.24, 2.45) is 10.9 Å². The van der Waals surface area contributed by atoms with Crippen LogP contribution in [0, 0.1) is 5.92 Å². The number of hydrogen-bond acceptors (Lipinski definition) is 5. The van der Waals surface area contributed by atoms with Gasteiger partial charge in [0.2, 0.25) is 0 Å². The Kier molecular flexibility index (Phi) is 11.4. The second kappa shape index (κ2) is 12.7. The summed E-state index contributed by atoms with van der Waals surface area (Å²) in [4.78, 5) is 4.10. The van der Waals surface area contributed by atoms with Crippen molar-refractivity contribution in [3.63, 3.8) is 0 Å². The lowest BCUT2D eigenvalue weighted by Crippen LogP contribution is -2.47. The van der Waals surface area contributed by atoms with Gasteiger partial charge in [-0.1, -0.05) is 0 Å². The van der Waals surface area contributed by atoms with Crippen LogP contribution in [0.1, 0.15) is 25.0 Å². The number of ether oxygens (including phenoxy) is 1. The first kappa shape index (κ1) is 27.0. The van der Waals surface area contributed by atoms with E-state index in [9.17, 15) is 21.6 Å². The average molecular weight is 568 g/mol. The summed E-state index contributed by atoms with van der Waals surface area (Å²) in [6, 6.07) is 3.64. The average Bonchev–Trinajstić information content (AvgIpc) is 3.20. The Morgan fingerprint density at radius 3 is 2.60 bits per heavy atom. The van der Waals surface area contributed by atoms with E-state index >= 15 is 0 Å². The van der Waals surface area contributed by atoms with Gasteiger partial charge < -0.3 is 19.8 Å². The van der Waals surface area contributed by atoms with E-state index in [0.29, 0.717) is 49.4 Å². The molecule has 1 aliphatic rings. The molecule has 1 aromatic rings.